The number of ether oxygens (including phenoxy) is 2. The van der Waals surface area contributed by atoms with Gasteiger partial charge in [-0.2, -0.15) is 0 Å². The molecule has 0 atom stereocenters. The van der Waals surface area contributed by atoms with Crippen LogP contribution >= 0.6 is 23.2 Å². The van der Waals surface area contributed by atoms with Crippen LogP contribution in [0.1, 0.15) is 25.3 Å². The molecule has 0 aliphatic carbocycles. The molecule has 47 heavy (non-hydrogen) atoms. The Hall–Kier alpha value is -5.05. The quantitative estimate of drug-likeness (QED) is 0.0401. The number of benzene rings is 4. The highest BCUT2D eigenvalue weighted by Gasteiger charge is 2.06. The summed E-state index contributed by atoms with van der Waals surface area (Å²) in [6, 6.07) is 30.3. The van der Waals surface area contributed by atoms with E-state index in [1.54, 1.807) is 19.2 Å². The minimum absolute atomic E-state index is 0.357. The van der Waals surface area contributed by atoms with Crippen LogP contribution < -0.4 is 20.7 Å². The number of esters is 1. The van der Waals surface area contributed by atoms with Crippen molar-refractivity contribution < 1.29 is 14.3 Å². The van der Waals surface area contributed by atoms with Crippen molar-refractivity contribution in [2.75, 3.05) is 36.1 Å². The number of carbonyl (C=O) groups is 1. The molecule has 0 amide bonds. The zero-order chi connectivity index (χ0) is 33.0. The van der Waals surface area contributed by atoms with Crippen molar-refractivity contribution in [3.05, 3.63) is 124 Å². The average Bonchev–Trinajstić information content (AvgIpc) is 3.07. The van der Waals surface area contributed by atoms with Crippen molar-refractivity contribution in [1.29, 1.82) is 0 Å². The molecule has 3 N–H and O–H groups in total. The number of unbranched alkanes of at least 4 members (excludes halogenated alkanes) is 1. The van der Waals surface area contributed by atoms with Crippen molar-refractivity contribution in [2.24, 2.45) is 4.99 Å². The maximum Gasteiger partial charge on any atom is 0.333 e. The zero-order valence-corrected chi connectivity index (χ0v) is 27.6. The molecule has 10 heteroatoms. The molecule has 0 unspecified atom stereocenters. The van der Waals surface area contributed by atoms with Crippen LogP contribution in [0.2, 0.25) is 10.0 Å². The van der Waals surface area contributed by atoms with Crippen LogP contribution in [-0.2, 0) is 9.53 Å². The van der Waals surface area contributed by atoms with Gasteiger partial charge in [-0.05, 0) is 110 Å². The van der Waals surface area contributed by atoms with Gasteiger partial charge in [0.15, 0.2) is 5.96 Å². The number of carbonyl (C=O) groups excluding carboxylic acids is 1. The van der Waals surface area contributed by atoms with Gasteiger partial charge < -0.3 is 25.4 Å². The number of anilines is 3. The van der Waals surface area contributed by atoms with Crippen LogP contribution in [0, 0.1) is 0 Å². The summed E-state index contributed by atoms with van der Waals surface area (Å²) in [7, 11) is 1.37. The van der Waals surface area contributed by atoms with Crippen LogP contribution in [0.25, 0.3) is 17.0 Å². The van der Waals surface area contributed by atoms with Crippen LogP contribution in [0.15, 0.2) is 114 Å². The van der Waals surface area contributed by atoms with Crippen molar-refractivity contribution in [2.45, 2.75) is 19.8 Å². The molecule has 5 rings (SSSR count). The minimum atomic E-state index is -0.357. The standard InChI is InChI=1S/C37H35Cl2N5O3/c1-25(36(45)46-2)22-26-8-13-31(14-9-26)47-32-15-11-29(12-16-32)43-37(44-30-7-5-6-27(38)23-30)42-20-4-3-19-40-34-18-21-41-35-24-28(39)10-17-33(34)35/h5-18,21-24H,3-4,19-20H2,1-2H3,(H,40,41)(H2,42,43,44)/b25-22+. The molecule has 0 bridgehead atoms. The van der Waals surface area contributed by atoms with E-state index in [2.05, 4.69) is 20.9 Å². The number of aromatic nitrogens is 1. The van der Waals surface area contributed by atoms with Gasteiger partial charge >= 0.3 is 5.97 Å². The van der Waals surface area contributed by atoms with Crippen molar-refractivity contribution in [1.82, 2.24) is 4.98 Å². The highest BCUT2D eigenvalue weighted by Crippen LogP contribution is 2.26. The number of rotatable bonds is 12. The van der Waals surface area contributed by atoms with E-state index in [1.807, 2.05) is 97.1 Å². The Morgan fingerprint density at radius 1 is 0.851 bits per heavy atom. The summed E-state index contributed by atoms with van der Waals surface area (Å²) in [6.07, 6.45) is 5.37. The number of hydrogen-bond donors (Lipinski definition) is 3. The Kier molecular flexibility index (Phi) is 11.7. The molecule has 8 nitrogen and oxygen atoms in total. The summed E-state index contributed by atoms with van der Waals surface area (Å²) in [5, 5.41) is 12.6. The van der Waals surface area contributed by atoms with Crippen molar-refractivity contribution in [3.63, 3.8) is 0 Å². The largest absolute Gasteiger partial charge is 0.466 e. The molecule has 0 aliphatic heterocycles. The number of aliphatic imine (C=N–C) groups is 1. The van der Waals surface area contributed by atoms with E-state index in [4.69, 9.17) is 37.7 Å². The maximum absolute atomic E-state index is 11.7. The van der Waals surface area contributed by atoms with E-state index < -0.39 is 0 Å². The van der Waals surface area contributed by atoms with E-state index >= 15 is 0 Å². The Morgan fingerprint density at radius 3 is 2.32 bits per heavy atom. The molecule has 0 saturated heterocycles. The van der Waals surface area contributed by atoms with Gasteiger partial charge in [-0.15, -0.1) is 0 Å². The molecule has 0 radical (unpaired) electrons. The molecule has 0 fully saturated rings. The van der Waals surface area contributed by atoms with E-state index in [1.165, 1.54) is 7.11 Å². The number of hydrogen-bond acceptors (Lipinski definition) is 6. The molecule has 5 aromatic rings. The van der Waals surface area contributed by atoms with Gasteiger partial charge in [0.1, 0.15) is 11.5 Å². The Labute approximate surface area is 284 Å². The van der Waals surface area contributed by atoms with Gasteiger partial charge in [-0.25, -0.2) is 4.79 Å². The predicted molar refractivity (Wildman–Crippen MR) is 194 cm³/mol. The predicted octanol–water partition coefficient (Wildman–Crippen LogP) is 9.68. The molecular weight excluding hydrogens is 633 g/mol. The lowest BCUT2D eigenvalue weighted by atomic mass is 10.1. The Morgan fingerprint density at radius 2 is 1.57 bits per heavy atom. The van der Waals surface area contributed by atoms with Gasteiger partial charge in [0.2, 0.25) is 0 Å². The lowest BCUT2D eigenvalue weighted by Crippen LogP contribution is -2.22. The number of guanidine groups is 1. The topological polar surface area (TPSA) is 96.9 Å². The van der Waals surface area contributed by atoms with Crippen molar-refractivity contribution in [3.8, 4) is 11.5 Å². The van der Waals surface area contributed by atoms with Gasteiger partial charge in [0.25, 0.3) is 0 Å². The highest BCUT2D eigenvalue weighted by atomic mass is 35.5. The number of methoxy groups -OCH3 is 1. The number of fused-ring (bicyclic) bond motifs is 1. The fraction of sp³-hybridized carbons (Fsp3) is 0.162. The lowest BCUT2D eigenvalue weighted by Gasteiger charge is -2.14. The van der Waals surface area contributed by atoms with Crippen LogP contribution in [0.5, 0.6) is 11.5 Å². The fourth-order valence-electron chi connectivity index (χ4n) is 4.72. The molecule has 0 spiro atoms. The molecule has 4 aromatic carbocycles. The molecular formula is C37H35Cl2N5O3. The number of nitrogens with zero attached hydrogens (tertiary/aromatic N) is 2. The van der Waals surface area contributed by atoms with E-state index in [9.17, 15) is 4.79 Å². The molecule has 0 saturated carbocycles. The van der Waals surface area contributed by atoms with Gasteiger partial charge in [0, 0.05) is 57.4 Å². The second-order valence-electron chi connectivity index (χ2n) is 10.7. The first-order valence-corrected chi connectivity index (χ1v) is 15.9. The SMILES string of the molecule is COC(=O)/C(C)=C/c1ccc(Oc2ccc(NC(=NCCCCNc3ccnc4cc(Cl)ccc34)Nc3cccc(Cl)c3)cc2)cc1. The summed E-state index contributed by atoms with van der Waals surface area (Å²) < 4.78 is 10.8. The summed E-state index contributed by atoms with van der Waals surface area (Å²) in [6.45, 7) is 3.14. The first-order valence-electron chi connectivity index (χ1n) is 15.1. The Bertz CT molecular complexity index is 1880. The molecule has 0 aliphatic rings. The maximum atomic E-state index is 11.7. The van der Waals surface area contributed by atoms with Gasteiger partial charge in [-0.3, -0.25) is 9.98 Å². The molecule has 1 aromatic heterocycles. The van der Waals surface area contributed by atoms with Crippen molar-refractivity contribution >= 4 is 69.2 Å². The zero-order valence-electron chi connectivity index (χ0n) is 26.1. The first-order chi connectivity index (χ1) is 22.9. The second-order valence-corrected chi connectivity index (χ2v) is 11.5. The summed E-state index contributed by atoms with van der Waals surface area (Å²) in [4.78, 5) is 20.9. The van der Waals surface area contributed by atoms with Gasteiger partial charge in [-0.1, -0.05) is 41.4 Å². The normalized spacial score (nSPS) is 11.7. The third kappa shape index (κ3) is 9.97. The first kappa shape index (κ1) is 33.3. The van der Waals surface area contributed by atoms with Crippen LogP contribution in [0.3, 0.4) is 0 Å². The monoisotopic (exact) mass is 667 g/mol. The summed E-state index contributed by atoms with van der Waals surface area (Å²) in [5.41, 5.74) is 4.97. The third-order valence-electron chi connectivity index (χ3n) is 7.09. The van der Waals surface area contributed by atoms with Crippen LogP contribution in [0.4, 0.5) is 17.1 Å². The third-order valence-corrected chi connectivity index (χ3v) is 7.56. The highest BCUT2D eigenvalue weighted by molar-refractivity contribution is 6.31. The smallest absolute Gasteiger partial charge is 0.333 e. The average molecular weight is 669 g/mol. The summed E-state index contributed by atoms with van der Waals surface area (Å²) >= 11 is 12.3. The fourth-order valence-corrected chi connectivity index (χ4v) is 5.08. The van der Waals surface area contributed by atoms with E-state index in [0.717, 1.165) is 52.9 Å². The molecule has 1 heterocycles. The molecule has 240 valence electrons. The second kappa shape index (κ2) is 16.5. The number of nitrogens with one attached hydrogen (secondary N) is 3. The Balaban J connectivity index is 1.17. The van der Waals surface area contributed by atoms with Crippen LogP contribution in [-0.4, -0.2) is 37.1 Å². The lowest BCUT2D eigenvalue weighted by molar-refractivity contribution is -0.135. The van der Waals surface area contributed by atoms with E-state index in [-0.39, 0.29) is 5.97 Å². The number of halogens is 2. The van der Waals surface area contributed by atoms with E-state index in [0.29, 0.717) is 39.6 Å². The van der Waals surface area contributed by atoms with Gasteiger partial charge in [0.05, 0.1) is 12.6 Å². The summed E-state index contributed by atoms with van der Waals surface area (Å²) in [5.74, 6) is 1.62. The minimum Gasteiger partial charge on any atom is -0.466 e. The number of pyridine rings is 1.